The third-order valence-corrected chi connectivity index (χ3v) is 1.21. The zero-order valence-corrected chi connectivity index (χ0v) is 5.28. The largest absolute Gasteiger partial charge is 0.374 e. The van der Waals surface area contributed by atoms with E-state index >= 15 is 0 Å². The Hall–Kier alpha value is -0.150. The van der Waals surface area contributed by atoms with Crippen LogP contribution in [0.15, 0.2) is 0 Å². The Labute approximate surface area is 48.8 Å². The van der Waals surface area contributed by atoms with Crippen LogP contribution in [-0.4, -0.2) is 25.9 Å². The summed E-state index contributed by atoms with van der Waals surface area (Å²) in [5.41, 5.74) is 4.40. The van der Waals surface area contributed by atoms with Crippen LogP contribution in [0.2, 0.25) is 0 Å². The summed E-state index contributed by atoms with van der Waals surface area (Å²) in [5, 5.41) is 0. The molecule has 0 heterocycles. The van der Waals surface area contributed by atoms with E-state index in [1.807, 2.05) is 0 Å². The first kappa shape index (κ1) is 7.85. The van der Waals surface area contributed by atoms with Gasteiger partial charge in [0.1, 0.15) is 12.3 Å². The highest BCUT2D eigenvalue weighted by Gasteiger charge is 2.20. The van der Waals surface area contributed by atoms with Crippen LogP contribution in [-0.2, 0) is 4.74 Å². The van der Waals surface area contributed by atoms with Gasteiger partial charge in [-0.2, -0.15) is 0 Å². The minimum atomic E-state index is -0.764. The maximum absolute atomic E-state index is 11.8. The summed E-state index contributed by atoms with van der Waals surface area (Å²) in [5.74, 6) is 0. The van der Waals surface area contributed by atoms with Crippen LogP contribution in [0.1, 0.15) is 6.92 Å². The minimum absolute atomic E-state index is 0.222. The first-order valence-corrected chi connectivity index (χ1v) is 2.49. The van der Waals surface area contributed by atoms with Crippen molar-refractivity contribution in [1.82, 2.24) is 0 Å². The zero-order chi connectivity index (χ0) is 6.62. The SMILES string of the molecule is COC(C)(CN)CF. The number of rotatable bonds is 3. The topological polar surface area (TPSA) is 35.2 Å². The molecule has 0 aromatic carbocycles. The Morgan fingerprint density at radius 2 is 2.25 bits per heavy atom. The molecule has 3 heteroatoms. The lowest BCUT2D eigenvalue weighted by molar-refractivity contribution is -0.00575. The van der Waals surface area contributed by atoms with E-state index in [1.165, 1.54) is 7.11 Å². The lowest BCUT2D eigenvalue weighted by atomic mass is 10.1. The van der Waals surface area contributed by atoms with Crippen molar-refractivity contribution < 1.29 is 9.13 Å². The van der Waals surface area contributed by atoms with Crippen molar-refractivity contribution in [3.05, 3.63) is 0 Å². The Morgan fingerprint density at radius 1 is 1.75 bits per heavy atom. The van der Waals surface area contributed by atoms with Gasteiger partial charge in [-0.15, -0.1) is 0 Å². The fourth-order valence-electron chi connectivity index (χ4n) is 0.192. The normalized spacial score (nSPS) is 18.0. The molecule has 0 aliphatic heterocycles. The summed E-state index contributed by atoms with van der Waals surface area (Å²) in [6.45, 7) is 1.33. The molecule has 0 rings (SSSR count). The number of nitrogens with two attached hydrogens (primary N) is 1. The molecule has 0 saturated carbocycles. The zero-order valence-electron chi connectivity index (χ0n) is 5.28. The van der Waals surface area contributed by atoms with Crippen LogP contribution in [0, 0.1) is 0 Å². The fourth-order valence-corrected chi connectivity index (χ4v) is 0.192. The average molecular weight is 121 g/mol. The number of hydrogen-bond acceptors (Lipinski definition) is 2. The van der Waals surface area contributed by atoms with Gasteiger partial charge in [-0.25, -0.2) is 4.39 Å². The summed E-state index contributed by atoms with van der Waals surface area (Å²) in [6, 6.07) is 0. The van der Waals surface area contributed by atoms with Gasteiger partial charge in [0, 0.05) is 13.7 Å². The molecule has 0 aromatic rings. The highest BCUT2D eigenvalue weighted by Crippen LogP contribution is 2.05. The van der Waals surface area contributed by atoms with Gasteiger partial charge in [-0.1, -0.05) is 0 Å². The standard InChI is InChI=1S/C5H12FNO/c1-5(3-6,4-7)8-2/h3-4,7H2,1-2H3. The molecule has 0 aliphatic carbocycles. The lowest BCUT2D eigenvalue weighted by Gasteiger charge is -2.21. The Morgan fingerprint density at radius 3 is 2.25 bits per heavy atom. The molecule has 1 unspecified atom stereocenters. The van der Waals surface area contributed by atoms with Crippen molar-refractivity contribution in [2.24, 2.45) is 5.73 Å². The van der Waals surface area contributed by atoms with Gasteiger partial charge in [-0.3, -0.25) is 0 Å². The van der Waals surface area contributed by atoms with E-state index in [2.05, 4.69) is 0 Å². The van der Waals surface area contributed by atoms with Crippen LogP contribution in [0.5, 0.6) is 0 Å². The number of alkyl halides is 1. The summed E-state index contributed by atoms with van der Waals surface area (Å²) in [6.07, 6.45) is 0. The number of ether oxygens (including phenoxy) is 1. The Bertz CT molecular complexity index is 55.2. The molecular weight excluding hydrogens is 109 g/mol. The molecule has 0 fully saturated rings. The van der Waals surface area contributed by atoms with Crippen molar-refractivity contribution in [2.45, 2.75) is 12.5 Å². The molecule has 0 spiro atoms. The second-order valence-corrected chi connectivity index (χ2v) is 1.99. The van der Waals surface area contributed by atoms with Crippen molar-refractivity contribution in [3.8, 4) is 0 Å². The molecule has 1 atom stereocenters. The molecule has 8 heavy (non-hydrogen) atoms. The summed E-state index contributed by atoms with van der Waals surface area (Å²) < 4.78 is 16.6. The van der Waals surface area contributed by atoms with E-state index in [0.717, 1.165) is 0 Å². The van der Waals surface area contributed by atoms with Gasteiger partial charge in [0.25, 0.3) is 0 Å². The number of methoxy groups -OCH3 is 1. The second-order valence-electron chi connectivity index (χ2n) is 1.99. The Kier molecular flexibility index (Phi) is 2.94. The Balaban J connectivity index is 3.58. The van der Waals surface area contributed by atoms with Gasteiger partial charge in [0.15, 0.2) is 0 Å². The van der Waals surface area contributed by atoms with Crippen molar-refractivity contribution in [3.63, 3.8) is 0 Å². The summed E-state index contributed by atoms with van der Waals surface area (Å²) in [4.78, 5) is 0. The van der Waals surface area contributed by atoms with E-state index in [1.54, 1.807) is 6.92 Å². The maximum Gasteiger partial charge on any atom is 0.119 e. The van der Waals surface area contributed by atoms with E-state index in [-0.39, 0.29) is 6.54 Å². The third-order valence-electron chi connectivity index (χ3n) is 1.21. The molecular formula is C5H12FNO. The van der Waals surface area contributed by atoms with E-state index in [0.29, 0.717) is 0 Å². The fraction of sp³-hybridized carbons (Fsp3) is 1.00. The highest BCUT2D eigenvalue weighted by atomic mass is 19.1. The number of hydrogen-bond donors (Lipinski definition) is 1. The van der Waals surface area contributed by atoms with Crippen LogP contribution in [0.4, 0.5) is 4.39 Å². The van der Waals surface area contributed by atoms with Gasteiger partial charge in [-0.05, 0) is 6.92 Å². The predicted molar refractivity (Wildman–Crippen MR) is 30.4 cm³/mol. The maximum atomic E-state index is 11.8. The second kappa shape index (κ2) is 2.99. The smallest absolute Gasteiger partial charge is 0.119 e. The third kappa shape index (κ3) is 1.76. The summed E-state index contributed by atoms with van der Waals surface area (Å²) >= 11 is 0. The highest BCUT2D eigenvalue weighted by molar-refractivity contribution is 4.73. The lowest BCUT2D eigenvalue weighted by Crippen LogP contribution is -2.38. The molecule has 0 aromatic heterocycles. The molecule has 0 amide bonds. The molecule has 2 N–H and O–H groups in total. The van der Waals surface area contributed by atoms with Crippen LogP contribution in [0.3, 0.4) is 0 Å². The van der Waals surface area contributed by atoms with Crippen LogP contribution >= 0.6 is 0 Å². The number of halogens is 1. The van der Waals surface area contributed by atoms with Gasteiger partial charge >= 0.3 is 0 Å². The summed E-state index contributed by atoms with van der Waals surface area (Å²) in [7, 11) is 1.45. The van der Waals surface area contributed by atoms with Crippen molar-refractivity contribution in [1.29, 1.82) is 0 Å². The molecule has 0 saturated heterocycles. The quantitative estimate of drug-likeness (QED) is 0.583. The van der Waals surface area contributed by atoms with Gasteiger partial charge in [0.2, 0.25) is 0 Å². The van der Waals surface area contributed by atoms with Crippen molar-refractivity contribution >= 4 is 0 Å². The molecule has 0 bridgehead atoms. The first-order valence-electron chi connectivity index (χ1n) is 2.49. The monoisotopic (exact) mass is 121 g/mol. The molecule has 0 aliphatic rings. The van der Waals surface area contributed by atoms with Gasteiger partial charge in [0.05, 0.1) is 0 Å². The predicted octanol–water partition coefficient (Wildman–Crippen LogP) is 0.320. The van der Waals surface area contributed by atoms with E-state index in [4.69, 9.17) is 10.5 Å². The first-order chi connectivity index (χ1) is 3.68. The van der Waals surface area contributed by atoms with Crippen LogP contribution < -0.4 is 5.73 Å². The van der Waals surface area contributed by atoms with E-state index in [9.17, 15) is 4.39 Å². The molecule has 2 nitrogen and oxygen atoms in total. The molecule has 0 radical (unpaired) electrons. The van der Waals surface area contributed by atoms with Gasteiger partial charge < -0.3 is 10.5 Å². The molecule has 50 valence electrons. The van der Waals surface area contributed by atoms with Crippen LogP contribution in [0.25, 0.3) is 0 Å². The van der Waals surface area contributed by atoms with E-state index < -0.39 is 12.3 Å². The minimum Gasteiger partial charge on any atom is -0.374 e. The van der Waals surface area contributed by atoms with Crippen molar-refractivity contribution in [2.75, 3.05) is 20.3 Å². The average Bonchev–Trinajstić information content (AvgIpc) is 1.87.